The minimum Gasteiger partial charge on any atom is -0.352 e. The number of hydrogen-bond donors (Lipinski definition) is 2. The van der Waals surface area contributed by atoms with Crippen LogP contribution in [0.4, 0.5) is 0 Å². The Morgan fingerprint density at radius 3 is 2.95 bits per heavy atom. The van der Waals surface area contributed by atoms with Crippen LogP contribution in [-0.4, -0.2) is 18.4 Å². The number of fused-ring (bicyclic) bond motifs is 1. The van der Waals surface area contributed by atoms with Crippen LogP contribution >= 0.6 is 11.6 Å². The summed E-state index contributed by atoms with van der Waals surface area (Å²) in [6, 6.07) is 5.78. The first kappa shape index (κ1) is 15.6. The lowest BCUT2D eigenvalue weighted by molar-refractivity contribution is -0.122. The minimum absolute atomic E-state index is 0.0127. The van der Waals surface area contributed by atoms with E-state index in [2.05, 4.69) is 24.1 Å². The molecule has 1 aliphatic rings. The average molecular weight is 307 g/mol. The van der Waals surface area contributed by atoms with Crippen molar-refractivity contribution in [2.24, 2.45) is 5.92 Å². The first-order valence-corrected chi connectivity index (χ1v) is 7.37. The average Bonchev–Trinajstić information content (AvgIpc) is 2.77. The van der Waals surface area contributed by atoms with Crippen LogP contribution in [0.2, 0.25) is 5.02 Å². The highest BCUT2D eigenvalue weighted by molar-refractivity contribution is 6.31. The van der Waals surface area contributed by atoms with Gasteiger partial charge in [-0.05, 0) is 35.6 Å². The lowest BCUT2D eigenvalue weighted by Crippen LogP contribution is -2.33. The molecule has 112 valence electrons. The Morgan fingerprint density at radius 1 is 1.48 bits per heavy atom. The molecule has 2 N–H and O–H groups in total. The number of amides is 2. The Bertz CT molecular complexity index is 571. The zero-order chi connectivity index (χ0) is 15.4. The predicted molar refractivity (Wildman–Crippen MR) is 83.0 cm³/mol. The van der Waals surface area contributed by atoms with Crippen LogP contribution in [0.15, 0.2) is 30.9 Å². The Labute approximate surface area is 129 Å². The molecule has 1 aromatic rings. The van der Waals surface area contributed by atoms with E-state index in [4.69, 9.17) is 11.6 Å². The molecule has 21 heavy (non-hydrogen) atoms. The van der Waals surface area contributed by atoms with Gasteiger partial charge in [-0.15, -0.1) is 0 Å². The van der Waals surface area contributed by atoms with Gasteiger partial charge >= 0.3 is 0 Å². The monoisotopic (exact) mass is 306 g/mol. The lowest BCUT2D eigenvalue weighted by Gasteiger charge is -2.19. The summed E-state index contributed by atoms with van der Waals surface area (Å²) >= 11 is 6.20. The summed E-state index contributed by atoms with van der Waals surface area (Å²) in [4.78, 5) is 23.0. The van der Waals surface area contributed by atoms with E-state index in [0.717, 1.165) is 22.6 Å². The van der Waals surface area contributed by atoms with Crippen molar-refractivity contribution in [1.29, 1.82) is 0 Å². The van der Waals surface area contributed by atoms with Gasteiger partial charge in [0.05, 0.1) is 6.04 Å². The highest BCUT2D eigenvalue weighted by Gasteiger charge is 2.31. The van der Waals surface area contributed by atoms with Gasteiger partial charge in [-0.25, -0.2) is 0 Å². The van der Waals surface area contributed by atoms with Crippen LogP contribution in [0.5, 0.6) is 0 Å². The van der Waals surface area contributed by atoms with Crippen molar-refractivity contribution in [3.05, 3.63) is 47.0 Å². The molecule has 0 radical (unpaired) electrons. The molecule has 0 spiro atoms. The molecular formula is C16H19ClN2O2. The third-order valence-corrected chi connectivity index (χ3v) is 4.09. The number of halogens is 1. The number of nitrogens with one attached hydrogen (secondary N) is 2. The van der Waals surface area contributed by atoms with Crippen molar-refractivity contribution >= 4 is 23.4 Å². The molecule has 0 fully saturated rings. The van der Waals surface area contributed by atoms with E-state index >= 15 is 0 Å². The maximum atomic E-state index is 12.0. The second-order valence-corrected chi connectivity index (χ2v) is 5.69. The largest absolute Gasteiger partial charge is 0.352 e. The topological polar surface area (TPSA) is 58.2 Å². The number of carbonyl (C=O) groups is 2. The van der Waals surface area contributed by atoms with Crippen LogP contribution in [0.25, 0.3) is 0 Å². The molecule has 4 nitrogen and oxygen atoms in total. The normalized spacial score (nSPS) is 19.7. The summed E-state index contributed by atoms with van der Waals surface area (Å²) in [5.41, 5.74) is 2.22. The van der Waals surface area contributed by atoms with Gasteiger partial charge in [0.2, 0.25) is 11.8 Å². The maximum absolute atomic E-state index is 12.0. The molecule has 5 heteroatoms. The first-order chi connectivity index (χ1) is 10.0. The second-order valence-electron chi connectivity index (χ2n) is 5.28. The molecule has 0 unspecified atom stereocenters. The lowest BCUT2D eigenvalue weighted by atomic mass is 10.0. The summed E-state index contributed by atoms with van der Waals surface area (Å²) in [6.07, 6.45) is 2.31. The molecule has 0 aliphatic heterocycles. The number of carbonyl (C=O) groups excluding carboxylic acids is 2. The molecule has 1 aromatic carbocycles. The summed E-state index contributed by atoms with van der Waals surface area (Å²) in [6.45, 7) is 5.76. The van der Waals surface area contributed by atoms with Crippen molar-refractivity contribution in [3.8, 4) is 0 Å². The second kappa shape index (κ2) is 6.76. The van der Waals surface area contributed by atoms with Gasteiger partial charge in [-0.3, -0.25) is 9.59 Å². The van der Waals surface area contributed by atoms with Crippen LogP contribution in [0.1, 0.15) is 30.5 Å². The van der Waals surface area contributed by atoms with Gasteiger partial charge in [0, 0.05) is 18.0 Å². The maximum Gasteiger partial charge on any atom is 0.243 e. The van der Waals surface area contributed by atoms with Crippen molar-refractivity contribution in [3.63, 3.8) is 0 Å². The standard InChI is InChI=1S/C16H19ClN2O2/c1-3-14(20)18-8-7-15(21)19-16-10(2)9-12-11(16)5-4-6-13(12)17/h3-6,10,16H,1,7-9H2,2H3,(H,18,20)(H,19,21)/t10-,16-/m1/s1. The molecule has 1 aliphatic carbocycles. The van der Waals surface area contributed by atoms with Crippen molar-refractivity contribution in [2.75, 3.05) is 6.54 Å². The highest BCUT2D eigenvalue weighted by Crippen LogP contribution is 2.39. The SMILES string of the molecule is C=CC(=O)NCCC(=O)N[C@H]1c2cccc(Cl)c2C[C@H]1C. The molecular weight excluding hydrogens is 288 g/mol. The van der Waals surface area contributed by atoms with Crippen molar-refractivity contribution < 1.29 is 9.59 Å². The summed E-state index contributed by atoms with van der Waals surface area (Å²) in [7, 11) is 0. The first-order valence-electron chi connectivity index (χ1n) is 7.00. The molecule has 0 saturated heterocycles. The van der Waals surface area contributed by atoms with Gasteiger partial charge in [0.1, 0.15) is 0 Å². The Morgan fingerprint density at radius 2 is 2.24 bits per heavy atom. The van der Waals surface area contributed by atoms with Crippen LogP contribution < -0.4 is 10.6 Å². The van der Waals surface area contributed by atoms with E-state index in [1.54, 1.807) is 0 Å². The fourth-order valence-electron chi connectivity index (χ4n) is 2.67. The van der Waals surface area contributed by atoms with Crippen LogP contribution in [0, 0.1) is 5.92 Å². The van der Waals surface area contributed by atoms with Crippen molar-refractivity contribution in [2.45, 2.75) is 25.8 Å². The highest BCUT2D eigenvalue weighted by atomic mass is 35.5. The molecule has 2 amide bonds. The number of rotatable bonds is 5. The quantitative estimate of drug-likeness (QED) is 0.821. The summed E-state index contributed by atoms with van der Waals surface area (Å²) in [5.74, 6) is -0.0372. The van der Waals surface area contributed by atoms with Gasteiger partial charge in [0.25, 0.3) is 0 Å². The van der Waals surface area contributed by atoms with E-state index in [0.29, 0.717) is 12.5 Å². The predicted octanol–water partition coefficient (Wildman–Crippen LogP) is 2.38. The van der Waals surface area contributed by atoms with E-state index in [1.807, 2.05) is 18.2 Å². The minimum atomic E-state index is -0.269. The molecule has 0 bridgehead atoms. The Kier molecular flexibility index (Phi) is 5.02. The van der Waals surface area contributed by atoms with Crippen LogP contribution in [0.3, 0.4) is 0 Å². The molecule has 2 rings (SSSR count). The van der Waals surface area contributed by atoms with Gasteiger partial charge in [-0.2, -0.15) is 0 Å². The number of hydrogen-bond acceptors (Lipinski definition) is 2. The smallest absolute Gasteiger partial charge is 0.243 e. The summed E-state index contributed by atoms with van der Waals surface area (Å²) < 4.78 is 0. The molecule has 0 aromatic heterocycles. The van der Waals surface area contributed by atoms with Crippen molar-refractivity contribution in [1.82, 2.24) is 10.6 Å². The third-order valence-electron chi connectivity index (χ3n) is 3.74. The zero-order valence-corrected chi connectivity index (χ0v) is 12.7. The molecule has 0 heterocycles. The van der Waals surface area contributed by atoms with Gasteiger partial charge in [-0.1, -0.05) is 37.2 Å². The summed E-state index contributed by atoms with van der Waals surface area (Å²) in [5, 5.41) is 6.38. The van der Waals surface area contributed by atoms with Gasteiger partial charge in [0.15, 0.2) is 0 Å². The molecule has 2 atom stereocenters. The Hall–Kier alpha value is -1.81. The number of benzene rings is 1. The zero-order valence-electron chi connectivity index (χ0n) is 12.0. The van der Waals surface area contributed by atoms with E-state index in [1.165, 1.54) is 6.08 Å². The van der Waals surface area contributed by atoms with Crippen LogP contribution in [-0.2, 0) is 16.0 Å². The van der Waals surface area contributed by atoms with E-state index in [-0.39, 0.29) is 24.3 Å². The third kappa shape index (κ3) is 3.64. The molecule has 0 saturated carbocycles. The fraction of sp³-hybridized carbons (Fsp3) is 0.375. The van der Waals surface area contributed by atoms with E-state index < -0.39 is 0 Å². The van der Waals surface area contributed by atoms with E-state index in [9.17, 15) is 9.59 Å². The van der Waals surface area contributed by atoms with Gasteiger partial charge < -0.3 is 10.6 Å². The fourth-order valence-corrected chi connectivity index (χ4v) is 2.92. The Balaban J connectivity index is 1.94.